The minimum atomic E-state index is -4.53. The predicted molar refractivity (Wildman–Crippen MR) is 84.0 cm³/mol. The van der Waals surface area contributed by atoms with Crippen LogP contribution in [0, 0.1) is 0 Å². The molecule has 0 saturated heterocycles. The average Bonchev–Trinajstić information content (AvgIpc) is 2.98. The first-order valence-corrected chi connectivity index (χ1v) is 7.66. The number of fused-ring (bicyclic) bond motifs is 4. The molecular weight excluding hydrogens is 341 g/mol. The summed E-state index contributed by atoms with van der Waals surface area (Å²) in [6.45, 7) is 0. The van der Waals surface area contributed by atoms with E-state index in [0.29, 0.717) is 11.3 Å². The first-order valence-electron chi connectivity index (χ1n) is 7.29. The normalized spacial score (nSPS) is 25.3. The Balaban J connectivity index is 2.04. The highest BCUT2D eigenvalue weighted by Crippen LogP contribution is 2.53. The first kappa shape index (κ1) is 15.5. The lowest BCUT2D eigenvalue weighted by molar-refractivity contribution is -0.159. The van der Waals surface area contributed by atoms with Gasteiger partial charge < -0.3 is 4.90 Å². The van der Waals surface area contributed by atoms with Crippen LogP contribution in [0.15, 0.2) is 42.5 Å². The maximum absolute atomic E-state index is 13.6. The third-order valence-corrected chi connectivity index (χ3v) is 4.95. The fraction of sp³-hybridized carbons (Fsp3) is 0.235. The second kappa shape index (κ2) is 4.74. The SMILES string of the molecule is CN1C(=O)C2(NC(C(F)(F)F)c3ccc(Cl)cc32)c2ccccc21. The highest BCUT2D eigenvalue weighted by atomic mass is 35.5. The number of amides is 1. The molecule has 1 amide bonds. The molecule has 2 aliphatic heterocycles. The van der Waals surface area contributed by atoms with E-state index in [1.807, 2.05) is 0 Å². The summed E-state index contributed by atoms with van der Waals surface area (Å²) >= 11 is 6.02. The van der Waals surface area contributed by atoms with Crippen LogP contribution in [0.25, 0.3) is 0 Å². The van der Waals surface area contributed by atoms with Crippen LogP contribution in [0.5, 0.6) is 0 Å². The molecule has 2 unspecified atom stereocenters. The van der Waals surface area contributed by atoms with Crippen molar-refractivity contribution >= 4 is 23.2 Å². The molecule has 2 aliphatic rings. The van der Waals surface area contributed by atoms with Crippen LogP contribution in [-0.2, 0) is 10.3 Å². The number of carbonyl (C=O) groups excluding carboxylic acids is 1. The van der Waals surface area contributed by atoms with E-state index in [2.05, 4.69) is 5.32 Å². The molecule has 2 aromatic rings. The summed E-state index contributed by atoms with van der Waals surface area (Å²) in [5, 5.41) is 2.85. The Kier molecular flexibility index (Phi) is 3.06. The minimum Gasteiger partial charge on any atom is -0.313 e. The predicted octanol–water partition coefficient (Wildman–Crippen LogP) is 3.77. The average molecular weight is 353 g/mol. The topological polar surface area (TPSA) is 32.3 Å². The molecule has 0 saturated carbocycles. The maximum atomic E-state index is 13.6. The summed E-state index contributed by atoms with van der Waals surface area (Å²) < 4.78 is 40.7. The van der Waals surface area contributed by atoms with E-state index in [0.717, 1.165) is 0 Å². The lowest BCUT2D eigenvalue weighted by Gasteiger charge is -2.26. The number of alkyl halides is 3. The van der Waals surface area contributed by atoms with Gasteiger partial charge in [-0.3, -0.25) is 10.1 Å². The van der Waals surface area contributed by atoms with E-state index in [9.17, 15) is 18.0 Å². The van der Waals surface area contributed by atoms with Crippen molar-refractivity contribution in [3.8, 4) is 0 Å². The Bertz CT molecular complexity index is 867. The molecule has 1 N–H and O–H groups in total. The molecule has 0 bridgehead atoms. The Labute approximate surface area is 141 Å². The zero-order valence-electron chi connectivity index (χ0n) is 12.5. The Morgan fingerprint density at radius 3 is 2.58 bits per heavy atom. The quantitative estimate of drug-likeness (QED) is 0.783. The molecule has 7 heteroatoms. The van der Waals surface area contributed by atoms with Gasteiger partial charge in [0.2, 0.25) is 0 Å². The summed E-state index contributed by atoms with van der Waals surface area (Å²) in [5.41, 5.74) is -0.174. The molecule has 4 rings (SSSR count). The van der Waals surface area contributed by atoms with Crippen LogP contribution >= 0.6 is 11.6 Å². The maximum Gasteiger partial charge on any atom is 0.407 e. The lowest BCUT2D eigenvalue weighted by Crippen LogP contribution is -2.49. The summed E-state index contributed by atoms with van der Waals surface area (Å²) in [4.78, 5) is 14.4. The molecule has 0 fully saturated rings. The van der Waals surface area contributed by atoms with E-state index in [1.54, 1.807) is 31.3 Å². The van der Waals surface area contributed by atoms with Gasteiger partial charge in [-0.2, -0.15) is 13.2 Å². The second-order valence-corrected chi connectivity index (χ2v) is 6.42. The van der Waals surface area contributed by atoms with Crippen molar-refractivity contribution in [1.82, 2.24) is 5.32 Å². The first-order chi connectivity index (χ1) is 11.3. The van der Waals surface area contributed by atoms with Crippen molar-refractivity contribution in [1.29, 1.82) is 0 Å². The van der Waals surface area contributed by atoms with Gasteiger partial charge in [-0.1, -0.05) is 35.9 Å². The second-order valence-electron chi connectivity index (χ2n) is 5.98. The van der Waals surface area contributed by atoms with Crippen molar-refractivity contribution in [3.63, 3.8) is 0 Å². The summed E-state index contributed by atoms with van der Waals surface area (Å²) in [6, 6.07) is 9.12. The number of benzene rings is 2. The lowest BCUT2D eigenvalue weighted by atomic mass is 9.84. The van der Waals surface area contributed by atoms with E-state index in [4.69, 9.17) is 11.6 Å². The van der Waals surface area contributed by atoms with Gasteiger partial charge in [0.05, 0.1) is 0 Å². The van der Waals surface area contributed by atoms with Crippen molar-refractivity contribution in [2.45, 2.75) is 17.8 Å². The van der Waals surface area contributed by atoms with Gasteiger partial charge in [-0.15, -0.1) is 0 Å². The van der Waals surface area contributed by atoms with Gasteiger partial charge in [0.1, 0.15) is 6.04 Å². The van der Waals surface area contributed by atoms with Crippen LogP contribution in [0.1, 0.15) is 22.7 Å². The van der Waals surface area contributed by atoms with Crippen molar-refractivity contribution in [3.05, 3.63) is 64.2 Å². The van der Waals surface area contributed by atoms with Crippen molar-refractivity contribution in [2.24, 2.45) is 0 Å². The van der Waals surface area contributed by atoms with E-state index in [1.165, 1.54) is 23.1 Å². The number of carbonyl (C=O) groups is 1. The Morgan fingerprint density at radius 2 is 1.88 bits per heavy atom. The smallest absolute Gasteiger partial charge is 0.313 e. The summed E-state index contributed by atoms with van der Waals surface area (Å²) in [5.74, 6) is -0.445. The van der Waals surface area contributed by atoms with Crippen LogP contribution in [0.3, 0.4) is 0 Å². The van der Waals surface area contributed by atoms with Gasteiger partial charge in [-0.05, 0) is 29.3 Å². The van der Waals surface area contributed by atoms with Gasteiger partial charge in [0.25, 0.3) is 5.91 Å². The number of nitrogens with one attached hydrogen (secondary N) is 1. The zero-order valence-corrected chi connectivity index (χ0v) is 13.2. The number of hydrogen-bond donors (Lipinski definition) is 1. The molecule has 124 valence electrons. The van der Waals surface area contributed by atoms with Gasteiger partial charge >= 0.3 is 6.18 Å². The van der Waals surface area contributed by atoms with E-state index in [-0.39, 0.29) is 16.1 Å². The van der Waals surface area contributed by atoms with Crippen LogP contribution < -0.4 is 10.2 Å². The zero-order chi connectivity index (χ0) is 17.3. The van der Waals surface area contributed by atoms with Gasteiger partial charge in [0, 0.05) is 23.3 Å². The fourth-order valence-electron chi connectivity index (χ4n) is 3.69. The monoisotopic (exact) mass is 352 g/mol. The summed E-state index contributed by atoms with van der Waals surface area (Å²) in [6.07, 6.45) is -4.53. The number of nitrogens with zero attached hydrogens (tertiary/aromatic N) is 1. The largest absolute Gasteiger partial charge is 0.407 e. The number of halogens is 4. The third-order valence-electron chi connectivity index (χ3n) is 4.71. The third kappa shape index (κ3) is 1.81. The highest BCUT2D eigenvalue weighted by molar-refractivity contribution is 6.30. The van der Waals surface area contributed by atoms with Crippen molar-refractivity contribution in [2.75, 3.05) is 11.9 Å². The highest BCUT2D eigenvalue weighted by Gasteiger charge is 2.61. The minimum absolute atomic E-state index is 0.0327. The number of hydrogen-bond acceptors (Lipinski definition) is 2. The molecule has 2 heterocycles. The molecule has 0 aromatic heterocycles. The number of likely N-dealkylation sites (N-methyl/N-ethyl adjacent to an activating group) is 1. The molecule has 24 heavy (non-hydrogen) atoms. The number of anilines is 1. The van der Waals surface area contributed by atoms with Crippen LogP contribution in [0.4, 0.5) is 18.9 Å². The Hall–Kier alpha value is -2.05. The summed E-state index contributed by atoms with van der Waals surface area (Å²) in [7, 11) is 1.56. The molecule has 1 spiro atoms. The van der Waals surface area contributed by atoms with Crippen molar-refractivity contribution < 1.29 is 18.0 Å². The molecule has 2 atom stereocenters. The van der Waals surface area contributed by atoms with Crippen LogP contribution in [-0.4, -0.2) is 19.1 Å². The van der Waals surface area contributed by atoms with Crippen LogP contribution in [0.2, 0.25) is 5.02 Å². The number of para-hydroxylation sites is 1. The number of rotatable bonds is 0. The molecule has 0 aliphatic carbocycles. The standard InChI is InChI=1S/C17H12ClF3N2O/c1-23-13-5-3-2-4-11(13)16(15(23)24)12-8-9(18)6-7-10(12)14(22-16)17(19,20)21/h2-8,14,22H,1H3. The fourth-order valence-corrected chi connectivity index (χ4v) is 3.87. The molecule has 3 nitrogen and oxygen atoms in total. The molecule has 0 radical (unpaired) electrons. The van der Waals surface area contributed by atoms with Gasteiger partial charge in [0.15, 0.2) is 5.54 Å². The Morgan fingerprint density at radius 1 is 1.17 bits per heavy atom. The van der Waals surface area contributed by atoms with Gasteiger partial charge in [-0.25, -0.2) is 0 Å². The molecule has 2 aromatic carbocycles. The molecular formula is C17H12ClF3N2O. The van der Waals surface area contributed by atoms with E-state index >= 15 is 0 Å². The van der Waals surface area contributed by atoms with E-state index < -0.39 is 23.7 Å².